The summed E-state index contributed by atoms with van der Waals surface area (Å²) in [6, 6.07) is 2.04. The summed E-state index contributed by atoms with van der Waals surface area (Å²) < 4.78 is 20.8. The number of hydrogen-bond donors (Lipinski definition) is 1. The quantitative estimate of drug-likeness (QED) is 0.865. The zero-order chi connectivity index (χ0) is 14.6. The maximum absolute atomic E-state index is 13.8. The number of ether oxygens (including phenoxy) is 1. The van der Waals surface area contributed by atoms with Crippen LogP contribution < -0.4 is 10.3 Å². The van der Waals surface area contributed by atoms with Crippen molar-refractivity contribution in [1.82, 2.24) is 4.57 Å². The number of rotatable bonds is 1. The Morgan fingerprint density at radius 3 is 2.90 bits per heavy atom. The van der Waals surface area contributed by atoms with Gasteiger partial charge in [0.05, 0.1) is 16.0 Å². The summed E-state index contributed by atoms with van der Waals surface area (Å²) in [6.07, 6.45) is 0. The first-order chi connectivity index (χ1) is 9.41. The lowest BCUT2D eigenvalue weighted by Crippen LogP contribution is -2.34. The molecule has 0 spiro atoms. The summed E-state index contributed by atoms with van der Waals surface area (Å²) in [7, 11) is 0. The first-order valence-corrected chi connectivity index (χ1v) is 6.64. The average molecular weight is 342 g/mol. The van der Waals surface area contributed by atoms with Crippen LogP contribution in [0.15, 0.2) is 21.4 Å². The van der Waals surface area contributed by atoms with Crippen molar-refractivity contribution in [2.24, 2.45) is 0 Å². The van der Waals surface area contributed by atoms with Gasteiger partial charge in [-0.3, -0.25) is 9.36 Å². The molecule has 2 heterocycles. The molecule has 1 atom stereocenters. The molecule has 104 valence electrons. The van der Waals surface area contributed by atoms with Crippen LogP contribution in [0.2, 0.25) is 0 Å². The van der Waals surface area contributed by atoms with Crippen LogP contribution in [-0.2, 0) is 0 Å². The van der Waals surface area contributed by atoms with Gasteiger partial charge in [-0.15, -0.1) is 0 Å². The van der Waals surface area contributed by atoms with E-state index in [0.717, 1.165) is 0 Å². The van der Waals surface area contributed by atoms with Gasteiger partial charge in [0.2, 0.25) is 0 Å². The van der Waals surface area contributed by atoms with Crippen LogP contribution in [0, 0.1) is 5.82 Å². The molecule has 0 saturated heterocycles. The highest BCUT2D eigenvalue weighted by molar-refractivity contribution is 9.10. The molecule has 0 radical (unpaired) electrons. The molecule has 1 aliphatic rings. The van der Waals surface area contributed by atoms with Crippen molar-refractivity contribution < 1.29 is 19.0 Å². The lowest BCUT2D eigenvalue weighted by atomic mass is 10.1. The fourth-order valence-electron chi connectivity index (χ4n) is 2.40. The van der Waals surface area contributed by atoms with Crippen LogP contribution in [0.4, 0.5) is 4.39 Å². The molecule has 0 unspecified atom stereocenters. The summed E-state index contributed by atoms with van der Waals surface area (Å²) >= 11 is 3.09. The summed E-state index contributed by atoms with van der Waals surface area (Å²) in [6.45, 7) is 1.92. The Hall–Kier alpha value is -1.89. The lowest BCUT2D eigenvalue weighted by molar-refractivity contribution is 0.0694. The van der Waals surface area contributed by atoms with E-state index in [0.29, 0.717) is 10.9 Å². The number of aromatic nitrogens is 1. The third kappa shape index (κ3) is 1.66. The second-order valence-corrected chi connectivity index (χ2v) is 5.43. The Kier molecular flexibility index (Phi) is 2.82. The zero-order valence-corrected chi connectivity index (χ0v) is 11.9. The number of carbonyl (C=O) groups is 1. The molecule has 0 bridgehead atoms. The van der Waals surface area contributed by atoms with Gasteiger partial charge in [0.1, 0.15) is 18.0 Å². The molecule has 1 aromatic carbocycles. The molecule has 5 nitrogen and oxygen atoms in total. The molecule has 2 aromatic rings. The van der Waals surface area contributed by atoms with E-state index >= 15 is 0 Å². The first-order valence-electron chi connectivity index (χ1n) is 5.85. The monoisotopic (exact) mass is 341 g/mol. The molecule has 1 N–H and O–H groups in total. The standard InChI is InChI=1S/C13H9BrFNO4/c1-5-4-20-11-9(14)8(15)3-6-2-7(13(18)19)12(17)16(5)10(6)11/h2-3,5H,4H2,1H3,(H,18,19)/t5-/m0/s1. The smallest absolute Gasteiger partial charge is 0.341 e. The first kappa shape index (κ1) is 13.1. The number of pyridine rings is 1. The predicted octanol–water partition coefficient (Wildman–Crippen LogP) is 2.55. The minimum absolute atomic E-state index is 0.133. The van der Waals surface area contributed by atoms with Crippen LogP contribution in [0.3, 0.4) is 0 Å². The largest absolute Gasteiger partial charge is 0.488 e. The van der Waals surface area contributed by atoms with Gasteiger partial charge in [-0.2, -0.15) is 0 Å². The molecule has 0 aliphatic carbocycles. The Bertz CT molecular complexity index is 814. The van der Waals surface area contributed by atoms with Gasteiger partial charge in [0.15, 0.2) is 5.75 Å². The van der Waals surface area contributed by atoms with E-state index in [2.05, 4.69) is 15.9 Å². The molecule has 1 aliphatic heterocycles. The molecule has 3 rings (SSSR count). The van der Waals surface area contributed by atoms with Gasteiger partial charge in [-0.25, -0.2) is 9.18 Å². The Balaban J connectivity index is 2.57. The van der Waals surface area contributed by atoms with E-state index in [4.69, 9.17) is 9.84 Å². The normalized spacial score (nSPS) is 17.1. The van der Waals surface area contributed by atoms with Crippen LogP contribution in [0.25, 0.3) is 10.9 Å². The van der Waals surface area contributed by atoms with E-state index in [1.807, 2.05) is 0 Å². The third-order valence-corrected chi connectivity index (χ3v) is 4.05. The van der Waals surface area contributed by atoms with Crippen molar-refractivity contribution in [3.05, 3.63) is 38.3 Å². The number of carboxylic acids is 1. The number of benzene rings is 1. The van der Waals surface area contributed by atoms with Crippen molar-refractivity contribution in [2.45, 2.75) is 13.0 Å². The number of hydrogen-bond acceptors (Lipinski definition) is 3. The lowest BCUT2D eigenvalue weighted by Gasteiger charge is -2.27. The molecule has 7 heteroatoms. The number of halogens is 2. The van der Waals surface area contributed by atoms with Crippen LogP contribution in [0.1, 0.15) is 23.3 Å². The molecule has 0 fully saturated rings. The van der Waals surface area contributed by atoms with Gasteiger partial charge in [-0.1, -0.05) is 0 Å². The molecular weight excluding hydrogens is 333 g/mol. The number of nitrogens with zero attached hydrogens (tertiary/aromatic N) is 1. The van der Waals surface area contributed by atoms with Crippen LogP contribution in [0.5, 0.6) is 5.75 Å². The van der Waals surface area contributed by atoms with E-state index in [9.17, 15) is 14.0 Å². The average Bonchev–Trinajstić information content (AvgIpc) is 2.39. The van der Waals surface area contributed by atoms with Crippen molar-refractivity contribution in [3.8, 4) is 5.75 Å². The Labute approximate surface area is 120 Å². The highest BCUT2D eigenvalue weighted by Gasteiger charge is 2.27. The topological polar surface area (TPSA) is 68.5 Å². The fraction of sp³-hybridized carbons (Fsp3) is 0.231. The summed E-state index contributed by atoms with van der Waals surface area (Å²) in [5.41, 5.74) is -0.577. The molecule has 20 heavy (non-hydrogen) atoms. The van der Waals surface area contributed by atoms with Gasteiger partial charge in [0, 0.05) is 5.39 Å². The second kappa shape index (κ2) is 4.31. The predicted molar refractivity (Wildman–Crippen MR) is 73.0 cm³/mol. The molecule has 0 amide bonds. The van der Waals surface area contributed by atoms with Crippen molar-refractivity contribution in [1.29, 1.82) is 0 Å². The summed E-state index contributed by atoms with van der Waals surface area (Å²) in [5.74, 6) is -1.67. The van der Waals surface area contributed by atoms with Gasteiger partial charge in [-0.05, 0) is 35.0 Å². The zero-order valence-electron chi connectivity index (χ0n) is 10.3. The number of carboxylic acid groups (broad SMARTS) is 1. The van der Waals surface area contributed by atoms with Crippen molar-refractivity contribution in [2.75, 3.05) is 6.61 Å². The highest BCUT2D eigenvalue weighted by Crippen LogP contribution is 2.39. The minimum Gasteiger partial charge on any atom is -0.488 e. The maximum Gasteiger partial charge on any atom is 0.341 e. The SMILES string of the molecule is C[C@H]1COc2c(Br)c(F)cc3cc(C(=O)O)c(=O)n1c23. The van der Waals surface area contributed by atoms with Crippen molar-refractivity contribution >= 4 is 32.8 Å². The summed E-state index contributed by atoms with van der Waals surface area (Å²) in [5, 5.41) is 9.42. The minimum atomic E-state index is -1.33. The Morgan fingerprint density at radius 1 is 1.55 bits per heavy atom. The van der Waals surface area contributed by atoms with E-state index < -0.39 is 17.3 Å². The van der Waals surface area contributed by atoms with E-state index in [-0.39, 0.29) is 28.4 Å². The highest BCUT2D eigenvalue weighted by atomic mass is 79.9. The van der Waals surface area contributed by atoms with Gasteiger partial charge >= 0.3 is 5.97 Å². The maximum atomic E-state index is 13.8. The molecule has 0 saturated carbocycles. The van der Waals surface area contributed by atoms with E-state index in [1.165, 1.54) is 16.7 Å². The van der Waals surface area contributed by atoms with Gasteiger partial charge < -0.3 is 9.84 Å². The summed E-state index contributed by atoms with van der Waals surface area (Å²) in [4.78, 5) is 23.4. The molecule has 1 aromatic heterocycles. The van der Waals surface area contributed by atoms with Gasteiger partial charge in [0.25, 0.3) is 5.56 Å². The van der Waals surface area contributed by atoms with Crippen LogP contribution in [-0.4, -0.2) is 22.2 Å². The molecular formula is C13H9BrFNO4. The van der Waals surface area contributed by atoms with E-state index in [1.54, 1.807) is 6.92 Å². The van der Waals surface area contributed by atoms with Crippen LogP contribution >= 0.6 is 15.9 Å². The van der Waals surface area contributed by atoms with Crippen molar-refractivity contribution in [3.63, 3.8) is 0 Å². The fourth-order valence-corrected chi connectivity index (χ4v) is 2.82. The Morgan fingerprint density at radius 2 is 2.25 bits per heavy atom. The third-order valence-electron chi connectivity index (χ3n) is 3.31. The second-order valence-electron chi connectivity index (χ2n) is 4.64. The number of aromatic carboxylic acids is 1.